The topological polar surface area (TPSA) is 47.8 Å². The van der Waals surface area contributed by atoms with Crippen molar-refractivity contribution in [3.8, 4) is 0 Å². The molecule has 0 saturated heterocycles. The van der Waals surface area contributed by atoms with Crippen LogP contribution in [0.1, 0.15) is 21.7 Å². The van der Waals surface area contributed by atoms with Crippen LogP contribution >= 0.6 is 0 Å². The molecular weight excluding hydrogens is 238 g/mol. The summed E-state index contributed by atoms with van der Waals surface area (Å²) in [6, 6.07) is 9.45. The quantitative estimate of drug-likeness (QED) is 0.657. The molecule has 0 aliphatic carbocycles. The fourth-order valence-corrected chi connectivity index (χ4v) is 2.05. The highest BCUT2D eigenvalue weighted by molar-refractivity contribution is 6.09. The number of carbonyl (C=O) groups excluding carboxylic acids is 1. The van der Waals surface area contributed by atoms with Crippen molar-refractivity contribution < 1.29 is 4.79 Å². The van der Waals surface area contributed by atoms with Crippen LogP contribution in [0.4, 0.5) is 0 Å². The van der Waals surface area contributed by atoms with Gasteiger partial charge in [-0.25, -0.2) is 4.98 Å². The molecule has 0 amide bonds. The summed E-state index contributed by atoms with van der Waals surface area (Å²) < 4.78 is 1.76. The summed E-state index contributed by atoms with van der Waals surface area (Å²) >= 11 is 0. The molecule has 0 N–H and O–H groups in total. The predicted octanol–water partition coefficient (Wildman–Crippen LogP) is 2.51. The maximum Gasteiger partial charge on any atom is 0.212 e. The Morgan fingerprint density at radius 2 is 2.05 bits per heavy atom. The number of benzene rings is 1. The monoisotopic (exact) mass is 251 g/mol. The Bertz CT molecular complexity index is 774. The molecule has 94 valence electrons. The molecule has 0 spiro atoms. The molecule has 0 atom stereocenters. The molecule has 3 aromatic rings. The van der Waals surface area contributed by atoms with Gasteiger partial charge in [0.05, 0.1) is 11.8 Å². The second kappa shape index (κ2) is 4.31. The lowest BCUT2D eigenvalue weighted by atomic mass is 10.1. The number of pyridine rings is 1. The fraction of sp³-hybridized carbons (Fsp3) is 0.133. The minimum absolute atomic E-state index is 0.0666. The van der Waals surface area contributed by atoms with Gasteiger partial charge < -0.3 is 4.57 Å². The van der Waals surface area contributed by atoms with Gasteiger partial charge in [0.25, 0.3) is 0 Å². The van der Waals surface area contributed by atoms with E-state index < -0.39 is 0 Å². The van der Waals surface area contributed by atoms with Gasteiger partial charge in [-0.1, -0.05) is 6.07 Å². The molecule has 2 aromatic heterocycles. The lowest BCUT2D eigenvalue weighted by Crippen LogP contribution is -2.01. The average Bonchev–Trinajstić information content (AvgIpc) is 2.84. The van der Waals surface area contributed by atoms with Gasteiger partial charge in [-0.3, -0.25) is 9.78 Å². The first-order valence-electron chi connectivity index (χ1n) is 6.03. The van der Waals surface area contributed by atoms with Crippen molar-refractivity contribution in [2.75, 3.05) is 0 Å². The Labute approximate surface area is 110 Å². The number of aryl methyl sites for hydroxylation is 2. The predicted molar refractivity (Wildman–Crippen MR) is 73.1 cm³/mol. The van der Waals surface area contributed by atoms with Crippen molar-refractivity contribution >= 4 is 16.7 Å². The third kappa shape index (κ3) is 2.12. The SMILES string of the molecule is Cc1ccc2cc(C(=O)c3cn(C)cn3)ccc2n1. The van der Waals surface area contributed by atoms with Crippen LogP contribution in [0.25, 0.3) is 10.9 Å². The van der Waals surface area contributed by atoms with E-state index in [2.05, 4.69) is 9.97 Å². The van der Waals surface area contributed by atoms with Crippen molar-refractivity contribution in [1.29, 1.82) is 0 Å². The van der Waals surface area contributed by atoms with Crippen LogP contribution in [0.15, 0.2) is 42.9 Å². The van der Waals surface area contributed by atoms with Crippen molar-refractivity contribution in [3.05, 3.63) is 59.8 Å². The Balaban J connectivity index is 2.06. The maximum absolute atomic E-state index is 12.3. The molecule has 0 radical (unpaired) electrons. The standard InChI is InChI=1S/C15H13N3O/c1-10-3-4-11-7-12(5-6-13(11)17-10)15(19)14-8-18(2)9-16-14/h3-9H,1-2H3. The van der Waals surface area contributed by atoms with Crippen LogP contribution in [0.5, 0.6) is 0 Å². The van der Waals surface area contributed by atoms with Crippen LogP contribution in [-0.2, 0) is 7.05 Å². The van der Waals surface area contributed by atoms with Gasteiger partial charge in [-0.15, -0.1) is 0 Å². The zero-order chi connectivity index (χ0) is 13.4. The van der Waals surface area contributed by atoms with Gasteiger partial charge in [-0.05, 0) is 31.2 Å². The molecular formula is C15H13N3O. The number of hydrogen-bond acceptors (Lipinski definition) is 3. The first-order chi connectivity index (χ1) is 9.13. The second-order valence-electron chi connectivity index (χ2n) is 4.61. The van der Waals surface area contributed by atoms with Crippen LogP contribution < -0.4 is 0 Å². The Morgan fingerprint density at radius 1 is 1.21 bits per heavy atom. The summed E-state index contributed by atoms with van der Waals surface area (Å²) in [5.74, 6) is -0.0666. The van der Waals surface area contributed by atoms with Crippen LogP contribution in [0, 0.1) is 6.92 Å². The molecule has 0 unspecified atom stereocenters. The van der Waals surface area contributed by atoms with E-state index in [1.54, 1.807) is 23.2 Å². The number of nitrogens with zero attached hydrogens (tertiary/aromatic N) is 3. The maximum atomic E-state index is 12.3. The number of hydrogen-bond donors (Lipinski definition) is 0. The van der Waals surface area contributed by atoms with Gasteiger partial charge in [-0.2, -0.15) is 0 Å². The minimum Gasteiger partial charge on any atom is -0.340 e. The van der Waals surface area contributed by atoms with Crippen LogP contribution in [0.3, 0.4) is 0 Å². The van der Waals surface area contributed by atoms with E-state index in [0.717, 1.165) is 16.6 Å². The molecule has 1 aromatic carbocycles. The molecule has 19 heavy (non-hydrogen) atoms. The van der Waals surface area contributed by atoms with Gasteiger partial charge in [0.1, 0.15) is 5.69 Å². The highest BCUT2D eigenvalue weighted by atomic mass is 16.1. The van der Waals surface area contributed by atoms with E-state index in [-0.39, 0.29) is 5.78 Å². The summed E-state index contributed by atoms with van der Waals surface area (Å²) in [4.78, 5) is 20.8. The third-order valence-electron chi connectivity index (χ3n) is 3.03. The van der Waals surface area contributed by atoms with E-state index in [0.29, 0.717) is 11.3 Å². The zero-order valence-electron chi connectivity index (χ0n) is 10.8. The van der Waals surface area contributed by atoms with Crippen molar-refractivity contribution in [3.63, 3.8) is 0 Å². The zero-order valence-corrected chi connectivity index (χ0v) is 10.8. The first-order valence-corrected chi connectivity index (χ1v) is 6.03. The van der Waals surface area contributed by atoms with E-state index >= 15 is 0 Å². The van der Waals surface area contributed by atoms with Gasteiger partial charge in [0.2, 0.25) is 5.78 Å². The van der Waals surface area contributed by atoms with E-state index in [1.807, 2.05) is 38.2 Å². The van der Waals surface area contributed by atoms with Crippen molar-refractivity contribution in [2.24, 2.45) is 7.05 Å². The highest BCUT2D eigenvalue weighted by Gasteiger charge is 2.12. The van der Waals surface area contributed by atoms with E-state index in [4.69, 9.17) is 0 Å². The van der Waals surface area contributed by atoms with Gasteiger partial charge in [0.15, 0.2) is 0 Å². The molecule has 4 nitrogen and oxygen atoms in total. The normalized spacial score (nSPS) is 10.8. The molecule has 0 saturated carbocycles. The van der Waals surface area contributed by atoms with Crippen molar-refractivity contribution in [2.45, 2.75) is 6.92 Å². The Kier molecular flexibility index (Phi) is 2.63. The lowest BCUT2D eigenvalue weighted by Gasteiger charge is -2.02. The number of fused-ring (bicyclic) bond motifs is 1. The Morgan fingerprint density at radius 3 is 2.79 bits per heavy atom. The van der Waals surface area contributed by atoms with Crippen molar-refractivity contribution in [1.82, 2.24) is 14.5 Å². The molecule has 4 heteroatoms. The molecule has 0 fully saturated rings. The van der Waals surface area contributed by atoms with E-state index in [1.165, 1.54) is 0 Å². The summed E-state index contributed by atoms with van der Waals surface area (Å²) in [5.41, 5.74) is 2.97. The lowest BCUT2D eigenvalue weighted by molar-refractivity contribution is 0.103. The van der Waals surface area contributed by atoms with Crippen LogP contribution in [-0.4, -0.2) is 20.3 Å². The Hall–Kier alpha value is -2.49. The number of imidazole rings is 1. The number of carbonyl (C=O) groups is 1. The molecule has 0 aliphatic heterocycles. The van der Waals surface area contributed by atoms with Gasteiger partial charge >= 0.3 is 0 Å². The molecule has 3 rings (SSSR count). The molecule has 0 bridgehead atoms. The first kappa shape index (κ1) is 11.6. The summed E-state index contributed by atoms with van der Waals surface area (Å²) in [5, 5.41) is 0.965. The third-order valence-corrected chi connectivity index (χ3v) is 3.03. The summed E-state index contributed by atoms with van der Waals surface area (Å²) in [6.07, 6.45) is 3.35. The molecule has 0 aliphatic rings. The minimum atomic E-state index is -0.0666. The fourth-order valence-electron chi connectivity index (χ4n) is 2.05. The van der Waals surface area contributed by atoms with Gasteiger partial charge in [0, 0.05) is 29.9 Å². The van der Waals surface area contributed by atoms with Crippen LogP contribution in [0.2, 0.25) is 0 Å². The second-order valence-corrected chi connectivity index (χ2v) is 4.61. The number of aromatic nitrogens is 3. The highest BCUT2D eigenvalue weighted by Crippen LogP contribution is 2.17. The average molecular weight is 251 g/mol. The van der Waals surface area contributed by atoms with E-state index in [9.17, 15) is 4.79 Å². The number of rotatable bonds is 2. The number of ketones is 1. The largest absolute Gasteiger partial charge is 0.340 e. The molecule has 2 heterocycles. The smallest absolute Gasteiger partial charge is 0.212 e. The summed E-state index contributed by atoms with van der Waals surface area (Å²) in [7, 11) is 1.84. The summed E-state index contributed by atoms with van der Waals surface area (Å²) in [6.45, 7) is 1.95.